The number of carbonyl (C=O) groups excluding carboxylic acids is 1. The Bertz CT molecular complexity index is 415. The lowest BCUT2D eigenvalue weighted by molar-refractivity contribution is 0.0762. The molecule has 0 aliphatic heterocycles. The maximum absolute atomic E-state index is 12.2. The van der Waals surface area contributed by atoms with Gasteiger partial charge in [0.25, 0.3) is 5.91 Å². The van der Waals surface area contributed by atoms with E-state index in [2.05, 4.69) is 11.6 Å². The minimum Gasteiger partial charge on any atom is -0.332 e. The highest BCUT2D eigenvalue weighted by Crippen LogP contribution is 2.29. The molecule has 1 aliphatic carbocycles. The molecule has 0 aromatic carbocycles. The van der Waals surface area contributed by atoms with Crippen LogP contribution in [0.4, 0.5) is 0 Å². The summed E-state index contributed by atoms with van der Waals surface area (Å²) in [5, 5.41) is 0.266. The molecule has 0 saturated heterocycles. The summed E-state index contributed by atoms with van der Waals surface area (Å²) in [5.41, 5.74) is 0.470. The van der Waals surface area contributed by atoms with Crippen LogP contribution in [0.1, 0.15) is 23.2 Å². The minimum atomic E-state index is -0.0551. The molecule has 3 nitrogen and oxygen atoms in total. The Morgan fingerprint density at radius 1 is 1.69 bits per heavy atom. The fourth-order valence-corrected chi connectivity index (χ4v) is 1.82. The van der Waals surface area contributed by atoms with Gasteiger partial charge in [-0.05, 0) is 25.0 Å². The third-order valence-corrected chi connectivity index (χ3v) is 2.86. The van der Waals surface area contributed by atoms with E-state index >= 15 is 0 Å². The zero-order valence-electron chi connectivity index (χ0n) is 8.90. The Kier molecular flexibility index (Phi) is 3.25. The number of rotatable bonds is 4. The van der Waals surface area contributed by atoms with Crippen molar-refractivity contribution in [3.63, 3.8) is 0 Å². The average molecular weight is 237 g/mol. The van der Waals surface area contributed by atoms with E-state index in [9.17, 15) is 4.79 Å². The second-order valence-electron chi connectivity index (χ2n) is 3.82. The minimum absolute atomic E-state index is 0.0551. The summed E-state index contributed by atoms with van der Waals surface area (Å²) < 4.78 is 0. The Morgan fingerprint density at radius 2 is 2.44 bits per heavy atom. The van der Waals surface area contributed by atoms with Gasteiger partial charge in [0.05, 0.1) is 5.56 Å². The van der Waals surface area contributed by atoms with E-state index in [1.807, 2.05) is 0 Å². The van der Waals surface area contributed by atoms with Crippen LogP contribution in [-0.2, 0) is 0 Å². The molecule has 16 heavy (non-hydrogen) atoms. The van der Waals surface area contributed by atoms with Crippen LogP contribution in [0, 0.1) is 0 Å². The quantitative estimate of drug-likeness (QED) is 0.595. The fraction of sp³-hybridized carbons (Fsp3) is 0.333. The number of pyridine rings is 1. The molecular weight excluding hydrogens is 224 g/mol. The summed E-state index contributed by atoms with van der Waals surface area (Å²) in [7, 11) is 0. The van der Waals surface area contributed by atoms with Gasteiger partial charge in [-0.2, -0.15) is 0 Å². The zero-order valence-corrected chi connectivity index (χ0v) is 9.65. The average Bonchev–Trinajstić information content (AvgIpc) is 3.09. The molecule has 1 aromatic rings. The van der Waals surface area contributed by atoms with E-state index in [0.29, 0.717) is 18.2 Å². The third-order valence-electron chi connectivity index (χ3n) is 2.56. The van der Waals surface area contributed by atoms with E-state index in [0.717, 1.165) is 12.8 Å². The summed E-state index contributed by atoms with van der Waals surface area (Å²) in [6, 6.07) is 3.77. The molecular formula is C12H13ClN2O. The Morgan fingerprint density at radius 3 is 3.00 bits per heavy atom. The van der Waals surface area contributed by atoms with Crippen LogP contribution in [0.5, 0.6) is 0 Å². The Labute approximate surface area is 99.7 Å². The Balaban J connectivity index is 2.22. The van der Waals surface area contributed by atoms with Crippen LogP contribution >= 0.6 is 11.6 Å². The maximum Gasteiger partial charge on any atom is 0.257 e. The lowest BCUT2D eigenvalue weighted by Gasteiger charge is -2.20. The number of halogens is 1. The number of amides is 1. The van der Waals surface area contributed by atoms with Crippen molar-refractivity contribution in [1.29, 1.82) is 0 Å². The van der Waals surface area contributed by atoms with Crippen molar-refractivity contribution >= 4 is 17.5 Å². The molecule has 0 atom stereocenters. The highest BCUT2D eigenvalue weighted by Gasteiger charge is 2.32. The summed E-state index contributed by atoms with van der Waals surface area (Å²) in [4.78, 5) is 17.9. The number of carbonyl (C=O) groups is 1. The standard InChI is InChI=1S/C12H13ClN2O/c1-2-8-15(9-5-6-9)12(16)10-4-3-7-14-11(10)13/h2-4,7,9H,1,5-6,8H2. The Hall–Kier alpha value is -1.35. The van der Waals surface area contributed by atoms with Crippen molar-refractivity contribution < 1.29 is 4.79 Å². The van der Waals surface area contributed by atoms with Gasteiger partial charge in [-0.15, -0.1) is 6.58 Å². The predicted octanol–water partition coefficient (Wildman–Crippen LogP) is 2.53. The van der Waals surface area contributed by atoms with E-state index in [1.54, 1.807) is 29.3 Å². The molecule has 0 unspecified atom stereocenters. The van der Waals surface area contributed by atoms with E-state index in [-0.39, 0.29) is 11.1 Å². The molecule has 4 heteroatoms. The smallest absolute Gasteiger partial charge is 0.257 e. The van der Waals surface area contributed by atoms with Gasteiger partial charge in [-0.1, -0.05) is 17.7 Å². The predicted molar refractivity (Wildman–Crippen MR) is 63.5 cm³/mol. The van der Waals surface area contributed by atoms with Crippen molar-refractivity contribution in [3.8, 4) is 0 Å². The molecule has 1 fully saturated rings. The van der Waals surface area contributed by atoms with Gasteiger partial charge in [0.15, 0.2) is 0 Å². The fourth-order valence-electron chi connectivity index (χ4n) is 1.62. The summed E-state index contributed by atoms with van der Waals surface area (Å²) in [5.74, 6) is -0.0551. The zero-order chi connectivity index (χ0) is 11.5. The van der Waals surface area contributed by atoms with Gasteiger partial charge < -0.3 is 4.90 Å². The highest BCUT2D eigenvalue weighted by atomic mass is 35.5. The van der Waals surface area contributed by atoms with Crippen LogP contribution < -0.4 is 0 Å². The molecule has 0 N–H and O–H groups in total. The first-order chi connectivity index (χ1) is 7.74. The van der Waals surface area contributed by atoms with Gasteiger partial charge >= 0.3 is 0 Å². The van der Waals surface area contributed by atoms with Crippen molar-refractivity contribution in [2.45, 2.75) is 18.9 Å². The number of aromatic nitrogens is 1. The van der Waals surface area contributed by atoms with Crippen LogP contribution in [0.3, 0.4) is 0 Å². The summed E-state index contributed by atoms with van der Waals surface area (Å²) >= 11 is 5.90. The monoisotopic (exact) mass is 236 g/mol. The normalized spacial score (nSPS) is 14.6. The first-order valence-corrected chi connectivity index (χ1v) is 5.64. The van der Waals surface area contributed by atoms with Crippen LogP contribution in [0.15, 0.2) is 31.0 Å². The summed E-state index contributed by atoms with van der Waals surface area (Å²) in [6.07, 6.45) is 5.45. The van der Waals surface area contributed by atoms with Crippen molar-refractivity contribution in [3.05, 3.63) is 41.7 Å². The summed E-state index contributed by atoms with van der Waals surface area (Å²) in [6.45, 7) is 4.23. The topological polar surface area (TPSA) is 33.2 Å². The molecule has 1 amide bonds. The van der Waals surface area contributed by atoms with Gasteiger partial charge in [-0.3, -0.25) is 4.79 Å². The van der Waals surface area contributed by atoms with E-state index < -0.39 is 0 Å². The maximum atomic E-state index is 12.2. The molecule has 0 spiro atoms. The highest BCUT2D eigenvalue weighted by molar-refractivity contribution is 6.32. The second-order valence-corrected chi connectivity index (χ2v) is 4.18. The van der Waals surface area contributed by atoms with Crippen molar-refractivity contribution in [1.82, 2.24) is 9.88 Å². The molecule has 0 radical (unpaired) electrons. The first kappa shape index (κ1) is 11.1. The largest absolute Gasteiger partial charge is 0.332 e. The number of nitrogens with zero attached hydrogens (tertiary/aromatic N) is 2. The second kappa shape index (κ2) is 4.66. The van der Waals surface area contributed by atoms with E-state index in [1.165, 1.54) is 0 Å². The molecule has 0 bridgehead atoms. The van der Waals surface area contributed by atoms with Gasteiger partial charge in [0.1, 0.15) is 5.15 Å². The van der Waals surface area contributed by atoms with Crippen molar-refractivity contribution in [2.24, 2.45) is 0 Å². The van der Waals surface area contributed by atoms with Gasteiger partial charge in [-0.25, -0.2) is 4.98 Å². The SMILES string of the molecule is C=CCN(C(=O)c1cccnc1Cl)C1CC1. The molecule has 1 aliphatic rings. The molecule has 1 saturated carbocycles. The lowest BCUT2D eigenvalue weighted by atomic mass is 10.2. The van der Waals surface area contributed by atoms with Crippen LogP contribution in [-0.4, -0.2) is 28.4 Å². The van der Waals surface area contributed by atoms with Crippen molar-refractivity contribution in [2.75, 3.05) is 6.54 Å². The number of hydrogen-bond donors (Lipinski definition) is 0. The molecule has 84 valence electrons. The van der Waals surface area contributed by atoms with Crippen LogP contribution in [0.2, 0.25) is 5.15 Å². The van der Waals surface area contributed by atoms with E-state index in [4.69, 9.17) is 11.6 Å². The third kappa shape index (κ3) is 2.25. The molecule has 1 aromatic heterocycles. The van der Waals surface area contributed by atoms with Crippen LogP contribution in [0.25, 0.3) is 0 Å². The lowest BCUT2D eigenvalue weighted by Crippen LogP contribution is -2.33. The number of hydrogen-bond acceptors (Lipinski definition) is 2. The van der Waals surface area contributed by atoms with Gasteiger partial charge in [0.2, 0.25) is 0 Å². The molecule has 2 rings (SSSR count). The van der Waals surface area contributed by atoms with Gasteiger partial charge in [0, 0.05) is 18.8 Å². The molecule has 1 heterocycles. The first-order valence-electron chi connectivity index (χ1n) is 5.26.